The van der Waals surface area contributed by atoms with Gasteiger partial charge in [-0.15, -0.1) is 0 Å². The predicted molar refractivity (Wildman–Crippen MR) is 94.4 cm³/mol. The Kier molecular flexibility index (Phi) is 7.18. The lowest BCUT2D eigenvalue weighted by atomic mass is 10.0. The molecule has 0 saturated carbocycles. The van der Waals surface area contributed by atoms with Gasteiger partial charge >= 0.3 is 17.9 Å². The molecule has 1 rings (SSSR count). The summed E-state index contributed by atoms with van der Waals surface area (Å²) in [6.45, 7) is 4.93. The Morgan fingerprint density at radius 1 is 1.24 bits per heavy atom. The molecule has 0 aromatic rings. The van der Waals surface area contributed by atoms with Gasteiger partial charge in [0.2, 0.25) is 5.91 Å². The van der Waals surface area contributed by atoms with Crippen molar-refractivity contribution in [1.29, 1.82) is 0 Å². The van der Waals surface area contributed by atoms with Gasteiger partial charge in [-0.25, -0.2) is 9.59 Å². The summed E-state index contributed by atoms with van der Waals surface area (Å²) in [6, 6.07) is -2.45. The number of hydrogen-bond donors (Lipinski definition) is 3. The molecule has 0 aromatic heterocycles. The molecule has 0 radical (unpaired) electrons. The Morgan fingerprint density at radius 3 is 2.20 bits per heavy atom. The van der Waals surface area contributed by atoms with E-state index in [9.17, 15) is 24.3 Å². The first-order valence-electron chi connectivity index (χ1n) is 7.58. The van der Waals surface area contributed by atoms with Crippen molar-refractivity contribution in [2.24, 2.45) is 5.92 Å². The van der Waals surface area contributed by atoms with E-state index < -0.39 is 58.4 Å². The van der Waals surface area contributed by atoms with Gasteiger partial charge in [0.05, 0.1) is 7.11 Å². The van der Waals surface area contributed by atoms with Crippen LogP contribution >= 0.6 is 25.3 Å². The monoisotopic (exact) mass is 393 g/mol. The van der Waals surface area contributed by atoms with Crippen LogP contribution in [0.15, 0.2) is 0 Å². The van der Waals surface area contributed by atoms with Crippen molar-refractivity contribution >= 4 is 49.1 Å². The van der Waals surface area contributed by atoms with Gasteiger partial charge in [0.25, 0.3) is 0 Å². The van der Waals surface area contributed by atoms with Gasteiger partial charge < -0.3 is 19.5 Å². The number of carboxylic acids is 1. The molecule has 0 spiro atoms. The van der Waals surface area contributed by atoms with Crippen molar-refractivity contribution in [3.05, 3.63) is 0 Å². The van der Waals surface area contributed by atoms with E-state index in [2.05, 4.69) is 30.0 Å². The minimum absolute atomic E-state index is 0.0291. The molecule has 1 N–H and O–H groups in total. The lowest BCUT2D eigenvalue weighted by Crippen LogP contribution is -2.50. The molecule has 0 bridgehead atoms. The number of aliphatic carboxylic acids is 1. The van der Waals surface area contributed by atoms with Crippen LogP contribution in [0, 0.1) is 5.92 Å². The number of esters is 2. The van der Waals surface area contributed by atoms with Gasteiger partial charge in [-0.1, -0.05) is 0 Å². The molecule has 3 unspecified atom stereocenters. The second-order valence-corrected chi connectivity index (χ2v) is 8.22. The fraction of sp³-hybridized carbons (Fsp3) is 0.733. The third kappa shape index (κ3) is 5.53. The molecular weight excluding hydrogens is 370 g/mol. The van der Waals surface area contributed by atoms with Crippen molar-refractivity contribution in [2.75, 3.05) is 7.11 Å². The first-order valence-corrected chi connectivity index (χ1v) is 8.62. The van der Waals surface area contributed by atoms with Crippen LogP contribution in [0.2, 0.25) is 0 Å². The predicted octanol–water partition coefficient (Wildman–Crippen LogP) is 0.747. The lowest BCUT2D eigenvalue weighted by Gasteiger charge is -2.28. The number of hydrogen-bond acceptors (Lipinski definition) is 8. The molecule has 3 atom stereocenters. The Balaban J connectivity index is 3.10. The number of thiol groups is 2. The maximum atomic E-state index is 12.6. The van der Waals surface area contributed by atoms with E-state index in [0.29, 0.717) is 0 Å². The van der Waals surface area contributed by atoms with Gasteiger partial charge in [0.1, 0.15) is 24.1 Å². The average molecular weight is 393 g/mol. The fourth-order valence-corrected chi connectivity index (χ4v) is 3.32. The van der Waals surface area contributed by atoms with Crippen molar-refractivity contribution in [3.8, 4) is 0 Å². The lowest BCUT2D eigenvalue weighted by molar-refractivity contribution is -0.164. The maximum Gasteiger partial charge on any atom is 0.328 e. The molecule has 10 heteroatoms. The Morgan fingerprint density at radius 2 is 1.80 bits per heavy atom. The smallest absolute Gasteiger partial charge is 0.328 e. The summed E-state index contributed by atoms with van der Waals surface area (Å²) < 4.78 is 9.07. The third-order valence-electron chi connectivity index (χ3n) is 3.65. The zero-order chi connectivity index (χ0) is 19.5. The topological polar surface area (TPSA) is 110 Å². The van der Waals surface area contributed by atoms with Crippen LogP contribution in [-0.2, 0) is 28.7 Å². The van der Waals surface area contributed by atoms with Crippen LogP contribution in [0.25, 0.3) is 0 Å². The van der Waals surface area contributed by atoms with E-state index in [0.717, 1.165) is 12.0 Å². The zero-order valence-corrected chi connectivity index (χ0v) is 16.3. The Hall–Kier alpha value is -1.42. The van der Waals surface area contributed by atoms with Crippen molar-refractivity contribution in [3.63, 3.8) is 0 Å². The van der Waals surface area contributed by atoms with Crippen molar-refractivity contribution < 1.29 is 33.8 Å². The molecule has 1 heterocycles. The van der Waals surface area contributed by atoms with E-state index in [1.165, 1.54) is 0 Å². The van der Waals surface area contributed by atoms with Gasteiger partial charge in [-0.2, -0.15) is 25.3 Å². The first kappa shape index (κ1) is 21.6. The molecule has 8 nitrogen and oxygen atoms in total. The first-order chi connectivity index (χ1) is 11.4. The minimum atomic E-state index is -1.33. The number of amides is 1. The van der Waals surface area contributed by atoms with Crippen molar-refractivity contribution in [2.45, 2.75) is 55.9 Å². The number of carbonyl (C=O) groups excluding carboxylic acids is 3. The standard InChI is InChI=1S/C15H23NO7S2/c1-15(2,3)23-10(18)6-9(17)16-8(13(21)22-4)5-7(14(24)25)11(16)12(19)20/h7-8,11,14,24-25H,5-6H2,1-4H3,(H,19,20). The summed E-state index contributed by atoms with van der Waals surface area (Å²) in [4.78, 5) is 49.0. The summed E-state index contributed by atoms with van der Waals surface area (Å²) in [5, 5.41) is 9.51. The highest BCUT2D eigenvalue weighted by molar-refractivity contribution is 7.99. The van der Waals surface area contributed by atoms with Crippen LogP contribution in [-0.4, -0.2) is 63.2 Å². The number of ether oxygens (including phenoxy) is 2. The number of likely N-dealkylation sites (tertiary alicyclic amines) is 1. The molecule has 0 aliphatic carbocycles. The Labute approximate surface area is 157 Å². The minimum Gasteiger partial charge on any atom is -0.480 e. The number of methoxy groups -OCH3 is 1. The van der Waals surface area contributed by atoms with Crippen LogP contribution in [0.1, 0.15) is 33.6 Å². The van der Waals surface area contributed by atoms with E-state index >= 15 is 0 Å². The number of rotatable bonds is 5. The second kappa shape index (κ2) is 8.31. The fourth-order valence-electron chi connectivity index (χ4n) is 2.75. The maximum absolute atomic E-state index is 12.6. The van der Waals surface area contributed by atoms with E-state index in [1.54, 1.807) is 20.8 Å². The van der Waals surface area contributed by atoms with Gasteiger partial charge in [0.15, 0.2) is 0 Å². The normalized spacial score (nSPS) is 23.5. The molecule has 142 valence electrons. The van der Waals surface area contributed by atoms with Crippen LogP contribution in [0.5, 0.6) is 0 Å². The van der Waals surface area contributed by atoms with Gasteiger partial charge in [0, 0.05) is 10.5 Å². The molecule has 25 heavy (non-hydrogen) atoms. The van der Waals surface area contributed by atoms with Crippen LogP contribution < -0.4 is 0 Å². The van der Waals surface area contributed by atoms with E-state index in [4.69, 9.17) is 4.74 Å². The Bertz CT molecular complexity index is 559. The van der Waals surface area contributed by atoms with E-state index in [1.807, 2.05) is 0 Å². The molecular formula is C15H23NO7S2. The van der Waals surface area contributed by atoms with Crippen LogP contribution in [0.4, 0.5) is 0 Å². The van der Waals surface area contributed by atoms with Crippen LogP contribution in [0.3, 0.4) is 0 Å². The molecule has 1 saturated heterocycles. The summed E-state index contributed by atoms with van der Waals surface area (Å²) in [5.41, 5.74) is -0.792. The molecule has 1 aliphatic heterocycles. The summed E-state index contributed by atoms with van der Waals surface area (Å²) in [7, 11) is 1.14. The zero-order valence-electron chi connectivity index (χ0n) is 14.5. The molecule has 0 aromatic carbocycles. The van der Waals surface area contributed by atoms with E-state index in [-0.39, 0.29) is 6.42 Å². The van der Waals surface area contributed by atoms with Gasteiger partial charge in [-0.3, -0.25) is 9.59 Å². The molecule has 1 fully saturated rings. The highest BCUT2D eigenvalue weighted by atomic mass is 32.2. The highest BCUT2D eigenvalue weighted by Crippen LogP contribution is 2.37. The summed E-state index contributed by atoms with van der Waals surface area (Å²) in [5.74, 6) is -4.37. The average Bonchev–Trinajstić information content (AvgIpc) is 2.84. The largest absolute Gasteiger partial charge is 0.480 e. The SMILES string of the molecule is COC(=O)C1CC(C(S)S)C(C(=O)O)N1C(=O)CC(=O)OC(C)(C)C. The third-order valence-corrected chi connectivity index (χ3v) is 4.42. The quantitative estimate of drug-likeness (QED) is 0.274. The second-order valence-electron chi connectivity index (χ2n) is 6.70. The van der Waals surface area contributed by atoms with Gasteiger partial charge in [-0.05, 0) is 27.2 Å². The summed E-state index contributed by atoms with van der Waals surface area (Å²) in [6.07, 6.45) is -0.646. The van der Waals surface area contributed by atoms with Crippen molar-refractivity contribution in [1.82, 2.24) is 4.90 Å². The molecule has 1 amide bonds. The number of carbonyl (C=O) groups is 4. The summed E-state index contributed by atoms with van der Waals surface area (Å²) >= 11 is 8.28. The number of carboxylic acid groups (broad SMARTS) is 1. The highest BCUT2D eigenvalue weighted by Gasteiger charge is 2.52. The number of nitrogens with zero attached hydrogens (tertiary/aromatic N) is 1. The molecule has 1 aliphatic rings.